The molecule has 32 heavy (non-hydrogen) atoms. The van der Waals surface area contributed by atoms with E-state index in [-0.39, 0.29) is 17.9 Å². The van der Waals surface area contributed by atoms with Crippen LogP contribution in [0.2, 0.25) is 5.02 Å². The third-order valence-corrected chi connectivity index (χ3v) is 5.49. The Balaban J connectivity index is 1.81. The van der Waals surface area contributed by atoms with Crippen LogP contribution >= 0.6 is 11.6 Å². The van der Waals surface area contributed by atoms with Crippen molar-refractivity contribution in [3.8, 4) is 5.75 Å². The Labute approximate surface area is 190 Å². The molecule has 4 rings (SSSR count). The van der Waals surface area contributed by atoms with Gasteiger partial charge in [-0.05, 0) is 60.5 Å². The summed E-state index contributed by atoms with van der Waals surface area (Å²) in [5, 5.41) is 11.6. The number of aliphatic hydroxyl groups excluding tert-OH is 1. The Morgan fingerprint density at radius 3 is 2.44 bits per heavy atom. The van der Waals surface area contributed by atoms with E-state index in [2.05, 4.69) is 4.98 Å². The molecule has 1 aromatic heterocycles. The second kappa shape index (κ2) is 9.24. The van der Waals surface area contributed by atoms with E-state index in [1.165, 1.54) is 4.90 Å². The van der Waals surface area contributed by atoms with Crippen LogP contribution in [0.15, 0.2) is 78.6 Å². The maximum Gasteiger partial charge on any atom is 0.295 e. The first-order chi connectivity index (χ1) is 15.5. The Morgan fingerprint density at radius 2 is 1.81 bits per heavy atom. The number of hydrogen-bond donors (Lipinski definition) is 1. The number of ether oxygens (including phenoxy) is 1. The highest BCUT2D eigenvalue weighted by Crippen LogP contribution is 2.40. The number of carbonyl (C=O) groups is 2. The van der Waals surface area contributed by atoms with Crippen LogP contribution in [0, 0.1) is 0 Å². The molecule has 6 nitrogen and oxygen atoms in total. The molecule has 1 aliphatic heterocycles. The van der Waals surface area contributed by atoms with Gasteiger partial charge in [-0.15, -0.1) is 0 Å². The van der Waals surface area contributed by atoms with Gasteiger partial charge in [0.25, 0.3) is 11.7 Å². The van der Waals surface area contributed by atoms with E-state index in [1.807, 2.05) is 13.0 Å². The highest BCUT2D eigenvalue weighted by molar-refractivity contribution is 6.46. The second-order valence-corrected chi connectivity index (χ2v) is 7.73. The van der Waals surface area contributed by atoms with Gasteiger partial charge in [-0.2, -0.15) is 0 Å². The predicted molar refractivity (Wildman–Crippen MR) is 121 cm³/mol. The number of ketones is 1. The molecule has 1 amide bonds. The number of carbonyl (C=O) groups excluding carboxylic acids is 2. The first-order valence-corrected chi connectivity index (χ1v) is 10.5. The van der Waals surface area contributed by atoms with Gasteiger partial charge < -0.3 is 14.7 Å². The fourth-order valence-electron chi connectivity index (χ4n) is 3.75. The van der Waals surface area contributed by atoms with Gasteiger partial charge in [0.2, 0.25) is 0 Å². The smallest absolute Gasteiger partial charge is 0.295 e. The Bertz CT molecular complexity index is 1160. The first-order valence-electron chi connectivity index (χ1n) is 10.2. The minimum atomic E-state index is -0.765. The molecular weight excluding hydrogens is 428 g/mol. The lowest BCUT2D eigenvalue weighted by Gasteiger charge is -2.25. The molecule has 0 saturated carbocycles. The molecule has 1 aliphatic rings. The summed E-state index contributed by atoms with van der Waals surface area (Å²) in [6.07, 6.45) is 3.28. The number of Topliss-reactive ketones (excluding diaryl/α,β-unsaturated/α-hetero) is 1. The third-order valence-electron chi connectivity index (χ3n) is 5.24. The van der Waals surface area contributed by atoms with Crippen LogP contribution in [0.25, 0.3) is 5.76 Å². The van der Waals surface area contributed by atoms with Crippen LogP contribution in [-0.2, 0) is 16.1 Å². The van der Waals surface area contributed by atoms with E-state index in [1.54, 1.807) is 67.0 Å². The van der Waals surface area contributed by atoms with Crippen molar-refractivity contribution in [2.75, 3.05) is 6.61 Å². The lowest BCUT2D eigenvalue weighted by molar-refractivity contribution is -0.140. The molecule has 2 aromatic carbocycles. The Morgan fingerprint density at radius 1 is 1.09 bits per heavy atom. The molecule has 0 unspecified atom stereocenters. The number of aromatic nitrogens is 1. The fourth-order valence-corrected chi connectivity index (χ4v) is 3.88. The van der Waals surface area contributed by atoms with E-state index in [0.717, 1.165) is 5.56 Å². The fraction of sp³-hybridized carbons (Fsp3) is 0.160. The number of likely N-dealkylation sites (tertiary alicyclic amines) is 1. The summed E-state index contributed by atoms with van der Waals surface area (Å²) in [5.74, 6) is -1.00. The highest BCUT2D eigenvalue weighted by atomic mass is 35.5. The molecule has 1 saturated heterocycles. The molecule has 2 heterocycles. The van der Waals surface area contributed by atoms with Gasteiger partial charge in [0.1, 0.15) is 11.5 Å². The van der Waals surface area contributed by atoms with Gasteiger partial charge in [0, 0.05) is 29.5 Å². The lowest BCUT2D eigenvalue weighted by atomic mass is 9.95. The summed E-state index contributed by atoms with van der Waals surface area (Å²) in [4.78, 5) is 31.6. The van der Waals surface area contributed by atoms with Gasteiger partial charge >= 0.3 is 0 Å². The summed E-state index contributed by atoms with van der Waals surface area (Å²) < 4.78 is 5.44. The zero-order chi connectivity index (χ0) is 22.7. The monoisotopic (exact) mass is 448 g/mol. The maximum absolute atomic E-state index is 13.1. The van der Waals surface area contributed by atoms with Crippen molar-refractivity contribution in [2.24, 2.45) is 0 Å². The SMILES string of the molecule is CCOc1ccc(C(O)=C2C(=O)C(=O)N(Cc3cccnc3)[C@H]2c2ccc(Cl)cc2)cc1. The summed E-state index contributed by atoms with van der Waals surface area (Å²) in [6.45, 7) is 2.57. The van der Waals surface area contributed by atoms with Crippen molar-refractivity contribution in [2.45, 2.75) is 19.5 Å². The van der Waals surface area contributed by atoms with Gasteiger partial charge in [0.15, 0.2) is 0 Å². The van der Waals surface area contributed by atoms with Crippen molar-refractivity contribution in [3.63, 3.8) is 0 Å². The van der Waals surface area contributed by atoms with Gasteiger partial charge in [-0.1, -0.05) is 29.8 Å². The topological polar surface area (TPSA) is 79.7 Å². The second-order valence-electron chi connectivity index (χ2n) is 7.30. The first kappa shape index (κ1) is 21.6. The molecule has 7 heteroatoms. The van der Waals surface area contributed by atoms with E-state index in [4.69, 9.17) is 16.3 Å². The molecule has 1 atom stereocenters. The number of benzene rings is 2. The number of aliphatic hydroxyl groups is 1. The molecular formula is C25H21ClN2O4. The number of pyridine rings is 1. The van der Waals surface area contributed by atoms with Crippen LogP contribution in [0.3, 0.4) is 0 Å². The highest BCUT2D eigenvalue weighted by Gasteiger charge is 2.46. The lowest BCUT2D eigenvalue weighted by Crippen LogP contribution is -2.29. The molecule has 0 aliphatic carbocycles. The number of halogens is 1. The van der Waals surface area contributed by atoms with Gasteiger partial charge in [-0.25, -0.2) is 0 Å². The van der Waals surface area contributed by atoms with E-state index < -0.39 is 17.7 Å². The average Bonchev–Trinajstić information content (AvgIpc) is 3.05. The van der Waals surface area contributed by atoms with Crippen LogP contribution in [0.4, 0.5) is 0 Å². The molecule has 1 fully saturated rings. The summed E-state index contributed by atoms with van der Waals surface area (Å²) in [5.41, 5.74) is 1.90. The Kier molecular flexibility index (Phi) is 6.23. The van der Waals surface area contributed by atoms with Crippen LogP contribution in [0.1, 0.15) is 29.7 Å². The van der Waals surface area contributed by atoms with Crippen molar-refractivity contribution >= 4 is 29.1 Å². The van der Waals surface area contributed by atoms with Crippen molar-refractivity contribution < 1.29 is 19.4 Å². The summed E-state index contributed by atoms with van der Waals surface area (Å²) in [7, 11) is 0. The van der Waals surface area contributed by atoms with Crippen LogP contribution in [0.5, 0.6) is 5.75 Å². The Hall–Kier alpha value is -3.64. The minimum Gasteiger partial charge on any atom is -0.507 e. The normalized spacial score (nSPS) is 17.6. The van der Waals surface area contributed by atoms with Crippen molar-refractivity contribution in [3.05, 3.63) is 100 Å². The van der Waals surface area contributed by atoms with E-state index in [9.17, 15) is 14.7 Å². The van der Waals surface area contributed by atoms with Crippen LogP contribution in [-0.4, -0.2) is 33.3 Å². The average molecular weight is 449 g/mol. The summed E-state index contributed by atoms with van der Waals surface area (Å²) >= 11 is 6.05. The quantitative estimate of drug-likeness (QED) is 0.334. The molecule has 1 N–H and O–H groups in total. The number of rotatable bonds is 6. The molecule has 3 aromatic rings. The van der Waals surface area contributed by atoms with E-state index in [0.29, 0.717) is 28.5 Å². The largest absolute Gasteiger partial charge is 0.507 e. The van der Waals surface area contributed by atoms with Crippen molar-refractivity contribution in [1.29, 1.82) is 0 Å². The number of nitrogens with zero attached hydrogens (tertiary/aromatic N) is 2. The zero-order valence-corrected chi connectivity index (χ0v) is 18.1. The van der Waals surface area contributed by atoms with Crippen LogP contribution < -0.4 is 4.74 Å². The number of hydrogen-bond acceptors (Lipinski definition) is 5. The molecule has 162 valence electrons. The molecule has 0 spiro atoms. The molecule has 0 radical (unpaired) electrons. The predicted octanol–water partition coefficient (Wildman–Crippen LogP) is 4.76. The minimum absolute atomic E-state index is 0.0328. The molecule has 0 bridgehead atoms. The van der Waals surface area contributed by atoms with Gasteiger partial charge in [0.05, 0.1) is 18.2 Å². The third kappa shape index (κ3) is 4.22. The van der Waals surface area contributed by atoms with E-state index >= 15 is 0 Å². The zero-order valence-electron chi connectivity index (χ0n) is 17.4. The van der Waals surface area contributed by atoms with Gasteiger partial charge in [-0.3, -0.25) is 14.6 Å². The van der Waals surface area contributed by atoms with Crippen molar-refractivity contribution in [1.82, 2.24) is 9.88 Å². The standard InChI is InChI=1S/C25H21ClN2O4/c1-2-32-20-11-7-18(8-12-20)23(29)21-22(17-5-9-19(26)10-6-17)28(25(31)24(21)30)15-16-4-3-13-27-14-16/h3-14,22,29H,2,15H2,1H3/t22-/m0/s1. The number of amides is 1. The summed E-state index contributed by atoms with van der Waals surface area (Å²) in [6, 6.07) is 16.5. The maximum atomic E-state index is 13.1.